The topological polar surface area (TPSA) is 64.7 Å². The molecule has 0 heterocycles. The summed E-state index contributed by atoms with van der Waals surface area (Å²) in [6, 6.07) is 0. The molecule has 2 N–H and O–H groups in total. The average Bonchev–Trinajstić information content (AvgIpc) is 3.01. The SMILES string of the molecule is CCCCCCCCCCCC(=O)NCCCCN(C)CC=CCCN(C)CCCNC(=O)CCCCCCCCCCC. The Kier molecular flexibility index (Phi) is 33.4. The number of carbonyl (C=O) groups excluding carboxylic acids is 2. The van der Waals surface area contributed by atoms with Crippen LogP contribution in [0.2, 0.25) is 0 Å². The quantitative estimate of drug-likeness (QED) is 0.0556. The van der Waals surface area contributed by atoms with Gasteiger partial charge in [-0.3, -0.25) is 9.59 Å². The molecule has 44 heavy (non-hydrogen) atoms. The minimum atomic E-state index is 0.219. The van der Waals surface area contributed by atoms with Gasteiger partial charge in [-0.25, -0.2) is 0 Å². The van der Waals surface area contributed by atoms with E-state index in [0.717, 1.165) is 77.8 Å². The van der Waals surface area contributed by atoms with E-state index in [-0.39, 0.29) is 11.8 Å². The van der Waals surface area contributed by atoms with Crippen molar-refractivity contribution in [1.29, 1.82) is 0 Å². The maximum atomic E-state index is 12.1. The first-order valence-electron chi connectivity index (χ1n) is 19.0. The highest BCUT2D eigenvalue weighted by molar-refractivity contribution is 5.76. The molecule has 0 radical (unpaired) electrons. The van der Waals surface area contributed by atoms with Crippen molar-refractivity contribution in [2.24, 2.45) is 0 Å². The smallest absolute Gasteiger partial charge is 0.219 e. The number of amides is 2. The van der Waals surface area contributed by atoms with Gasteiger partial charge < -0.3 is 20.4 Å². The van der Waals surface area contributed by atoms with Crippen molar-refractivity contribution < 1.29 is 9.59 Å². The van der Waals surface area contributed by atoms with Crippen molar-refractivity contribution in [2.45, 2.75) is 168 Å². The lowest BCUT2D eigenvalue weighted by molar-refractivity contribution is -0.122. The van der Waals surface area contributed by atoms with E-state index in [2.05, 4.69) is 60.5 Å². The molecule has 0 aliphatic carbocycles. The number of hydrogen-bond donors (Lipinski definition) is 2. The molecule has 260 valence electrons. The molecule has 0 bridgehead atoms. The summed E-state index contributed by atoms with van der Waals surface area (Å²) in [5.74, 6) is 0.444. The largest absolute Gasteiger partial charge is 0.356 e. The van der Waals surface area contributed by atoms with E-state index in [1.807, 2.05) is 0 Å². The maximum absolute atomic E-state index is 12.1. The zero-order valence-electron chi connectivity index (χ0n) is 30.1. The van der Waals surface area contributed by atoms with Crippen molar-refractivity contribution in [1.82, 2.24) is 20.4 Å². The number of nitrogens with one attached hydrogen (secondary N) is 2. The van der Waals surface area contributed by atoms with E-state index in [1.165, 1.54) is 103 Å². The standard InChI is InChI=1S/C38H76N4O2/c1-5-7-9-11-13-15-17-19-22-29-37(43)39-31-24-27-35-41(3)33-25-21-26-34-42(4)36-28-32-40-38(44)30-23-20-18-16-14-12-10-8-6-2/h21,25H,5-20,22-24,26-36H2,1-4H3,(H,39,43)(H,40,44). The Morgan fingerprint density at radius 1 is 0.477 bits per heavy atom. The molecule has 0 aromatic carbocycles. The van der Waals surface area contributed by atoms with Gasteiger partial charge in [-0.1, -0.05) is 129 Å². The van der Waals surface area contributed by atoms with E-state index < -0.39 is 0 Å². The summed E-state index contributed by atoms with van der Waals surface area (Å²) < 4.78 is 0. The van der Waals surface area contributed by atoms with Crippen molar-refractivity contribution in [3.8, 4) is 0 Å². The van der Waals surface area contributed by atoms with Crippen LogP contribution in [0.15, 0.2) is 12.2 Å². The molecule has 0 saturated carbocycles. The van der Waals surface area contributed by atoms with E-state index >= 15 is 0 Å². The molecule has 0 saturated heterocycles. The Labute approximate surface area is 274 Å². The average molecular weight is 621 g/mol. The summed E-state index contributed by atoms with van der Waals surface area (Å²) in [7, 11) is 4.34. The van der Waals surface area contributed by atoms with Crippen LogP contribution in [0, 0.1) is 0 Å². The summed E-state index contributed by atoms with van der Waals surface area (Å²) in [5.41, 5.74) is 0. The Balaban J connectivity index is 3.50. The third-order valence-corrected chi connectivity index (χ3v) is 8.60. The fraction of sp³-hybridized carbons (Fsp3) is 0.895. The Bertz CT molecular complexity index is 655. The molecule has 6 nitrogen and oxygen atoms in total. The summed E-state index contributed by atoms with van der Waals surface area (Å²) >= 11 is 0. The van der Waals surface area contributed by atoms with Crippen molar-refractivity contribution in [3.63, 3.8) is 0 Å². The fourth-order valence-corrected chi connectivity index (χ4v) is 5.55. The van der Waals surface area contributed by atoms with Gasteiger partial charge in [-0.2, -0.15) is 0 Å². The molecule has 0 spiro atoms. The summed E-state index contributed by atoms with van der Waals surface area (Å²) in [5, 5.41) is 6.20. The summed E-state index contributed by atoms with van der Waals surface area (Å²) in [4.78, 5) is 28.8. The molecule has 2 amide bonds. The zero-order chi connectivity index (χ0) is 32.4. The first-order valence-corrected chi connectivity index (χ1v) is 19.0. The van der Waals surface area contributed by atoms with Gasteiger partial charge in [-0.15, -0.1) is 0 Å². The number of unbranched alkanes of at least 4 members (excludes halogenated alkanes) is 17. The predicted molar refractivity (Wildman–Crippen MR) is 192 cm³/mol. The van der Waals surface area contributed by atoms with Crippen LogP contribution in [0.5, 0.6) is 0 Å². The Hall–Kier alpha value is -1.40. The Morgan fingerprint density at radius 2 is 0.909 bits per heavy atom. The number of likely N-dealkylation sites (N-methyl/N-ethyl adjacent to an activating group) is 1. The molecule has 0 rings (SSSR count). The monoisotopic (exact) mass is 621 g/mol. The lowest BCUT2D eigenvalue weighted by atomic mass is 10.1. The lowest BCUT2D eigenvalue weighted by Gasteiger charge is -2.16. The fourth-order valence-electron chi connectivity index (χ4n) is 5.55. The van der Waals surface area contributed by atoms with Crippen LogP contribution in [-0.2, 0) is 9.59 Å². The molecule has 0 unspecified atom stereocenters. The summed E-state index contributed by atoms with van der Waals surface area (Å²) in [6.45, 7) is 10.2. The highest BCUT2D eigenvalue weighted by Gasteiger charge is 2.03. The minimum Gasteiger partial charge on any atom is -0.356 e. The van der Waals surface area contributed by atoms with Crippen LogP contribution in [0.25, 0.3) is 0 Å². The van der Waals surface area contributed by atoms with Crippen molar-refractivity contribution in [2.75, 3.05) is 53.4 Å². The highest BCUT2D eigenvalue weighted by Crippen LogP contribution is 2.11. The van der Waals surface area contributed by atoms with Crippen LogP contribution in [0.1, 0.15) is 168 Å². The van der Waals surface area contributed by atoms with E-state index in [9.17, 15) is 9.59 Å². The molecule has 0 fully saturated rings. The molecule has 0 aromatic heterocycles. The van der Waals surface area contributed by atoms with Gasteiger partial charge in [-0.05, 0) is 65.7 Å². The van der Waals surface area contributed by atoms with E-state index in [0.29, 0.717) is 12.8 Å². The van der Waals surface area contributed by atoms with Crippen LogP contribution in [0.3, 0.4) is 0 Å². The van der Waals surface area contributed by atoms with Gasteiger partial charge >= 0.3 is 0 Å². The van der Waals surface area contributed by atoms with Gasteiger partial charge in [0.2, 0.25) is 11.8 Å². The van der Waals surface area contributed by atoms with Crippen LogP contribution >= 0.6 is 0 Å². The highest BCUT2D eigenvalue weighted by atomic mass is 16.2. The number of hydrogen-bond acceptors (Lipinski definition) is 4. The zero-order valence-corrected chi connectivity index (χ0v) is 30.1. The van der Waals surface area contributed by atoms with Crippen LogP contribution < -0.4 is 10.6 Å². The minimum absolute atomic E-state index is 0.219. The third-order valence-electron chi connectivity index (χ3n) is 8.60. The predicted octanol–water partition coefficient (Wildman–Crippen LogP) is 9.04. The summed E-state index contributed by atoms with van der Waals surface area (Å²) in [6.07, 6.45) is 33.4. The molecule has 0 aliphatic heterocycles. The van der Waals surface area contributed by atoms with Crippen molar-refractivity contribution >= 4 is 11.8 Å². The maximum Gasteiger partial charge on any atom is 0.219 e. The second-order valence-corrected chi connectivity index (χ2v) is 13.2. The van der Waals surface area contributed by atoms with Gasteiger partial charge in [0.05, 0.1) is 0 Å². The normalized spacial score (nSPS) is 11.7. The van der Waals surface area contributed by atoms with E-state index in [1.54, 1.807) is 0 Å². The molecular weight excluding hydrogens is 544 g/mol. The third kappa shape index (κ3) is 33.5. The number of rotatable bonds is 34. The first kappa shape index (κ1) is 42.6. The van der Waals surface area contributed by atoms with Gasteiger partial charge in [0.25, 0.3) is 0 Å². The van der Waals surface area contributed by atoms with Gasteiger partial charge in [0.1, 0.15) is 0 Å². The number of nitrogens with zero attached hydrogens (tertiary/aromatic N) is 2. The van der Waals surface area contributed by atoms with Crippen LogP contribution in [0.4, 0.5) is 0 Å². The first-order chi connectivity index (χ1) is 21.5. The number of carbonyl (C=O) groups is 2. The Morgan fingerprint density at radius 3 is 1.41 bits per heavy atom. The molecule has 0 atom stereocenters. The molecule has 0 aliphatic rings. The van der Waals surface area contributed by atoms with Gasteiger partial charge in [0, 0.05) is 39.0 Å². The molecule has 6 heteroatoms. The second kappa shape index (κ2) is 34.5. The van der Waals surface area contributed by atoms with Crippen molar-refractivity contribution in [3.05, 3.63) is 12.2 Å². The lowest BCUT2D eigenvalue weighted by Crippen LogP contribution is -2.28. The molecular formula is C38H76N4O2. The van der Waals surface area contributed by atoms with E-state index in [4.69, 9.17) is 0 Å². The second-order valence-electron chi connectivity index (χ2n) is 13.2. The van der Waals surface area contributed by atoms with Crippen LogP contribution in [-0.4, -0.2) is 75.0 Å². The van der Waals surface area contributed by atoms with Gasteiger partial charge in [0.15, 0.2) is 0 Å². The molecule has 0 aromatic rings.